The van der Waals surface area contributed by atoms with Crippen LogP contribution < -0.4 is 0 Å². The van der Waals surface area contributed by atoms with E-state index in [1.54, 1.807) is 6.20 Å². The van der Waals surface area contributed by atoms with E-state index in [-0.39, 0.29) is 11.8 Å². The topological polar surface area (TPSA) is 51.5 Å². The molecule has 0 radical (unpaired) electrons. The van der Waals surface area contributed by atoms with Crippen LogP contribution in [0.3, 0.4) is 0 Å². The number of rotatable bonds is 3. The second-order valence-corrected chi connectivity index (χ2v) is 8.12. The lowest BCUT2D eigenvalue weighted by molar-refractivity contribution is -0.131. The summed E-state index contributed by atoms with van der Waals surface area (Å²) in [5.74, 6) is 0.0344. The molecule has 5 nitrogen and oxygen atoms in total. The Morgan fingerprint density at radius 2 is 1.67 bits per heavy atom. The third-order valence-electron chi connectivity index (χ3n) is 4.83. The van der Waals surface area contributed by atoms with Crippen molar-refractivity contribution in [2.45, 2.75) is 52.1 Å². The zero-order valence-corrected chi connectivity index (χ0v) is 16.6. The Morgan fingerprint density at radius 1 is 1.04 bits per heavy atom. The molecule has 0 N–H and O–H groups in total. The maximum atomic E-state index is 12.6. The number of likely N-dealkylation sites (tertiary alicyclic amines) is 1. The molecule has 3 rings (SSSR count). The summed E-state index contributed by atoms with van der Waals surface area (Å²) in [6.07, 6.45) is 3.50. The van der Waals surface area contributed by atoms with Crippen molar-refractivity contribution in [1.29, 1.82) is 0 Å². The Hall–Kier alpha value is -2.56. The van der Waals surface area contributed by atoms with Crippen molar-refractivity contribution in [3.63, 3.8) is 0 Å². The van der Waals surface area contributed by atoms with Crippen LogP contribution in [0.2, 0.25) is 0 Å². The van der Waals surface area contributed by atoms with Crippen LogP contribution in [0.5, 0.6) is 0 Å². The predicted molar refractivity (Wildman–Crippen MR) is 106 cm³/mol. The second-order valence-electron chi connectivity index (χ2n) is 8.12. The average Bonchev–Trinajstić information content (AvgIpc) is 3.30. The fraction of sp³-hybridized carbons (Fsp3) is 0.455. The number of carbonyl (C=O) groups is 2. The molecule has 1 aliphatic heterocycles. The first-order chi connectivity index (χ1) is 12.8. The number of hydrogen-bond acceptors (Lipinski definition) is 3. The van der Waals surface area contributed by atoms with Crippen LogP contribution in [0.15, 0.2) is 42.6 Å². The number of aromatic nitrogens is 1. The van der Waals surface area contributed by atoms with E-state index in [0.29, 0.717) is 0 Å². The molecule has 1 amide bonds. The van der Waals surface area contributed by atoms with Gasteiger partial charge in [-0.15, -0.1) is 0 Å². The molecule has 2 heterocycles. The number of carbonyl (C=O) groups excluding carboxylic acids is 2. The van der Waals surface area contributed by atoms with Gasteiger partial charge in [-0.2, -0.15) is 0 Å². The molecule has 1 fully saturated rings. The van der Waals surface area contributed by atoms with Crippen molar-refractivity contribution in [2.75, 3.05) is 13.1 Å². The minimum Gasteiger partial charge on any atom is -0.443 e. The zero-order valence-electron chi connectivity index (χ0n) is 16.6. The van der Waals surface area contributed by atoms with Crippen molar-refractivity contribution in [3.05, 3.63) is 48.2 Å². The van der Waals surface area contributed by atoms with Crippen molar-refractivity contribution in [3.8, 4) is 11.3 Å². The lowest BCUT2D eigenvalue weighted by Gasteiger charge is -2.21. The van der Waals surface area contributed by atoms with Gasteiger partial charge in [-0.05, 0) is 63.8 Å². The molecule has 1 saturated heterocycles. The number of amides is 1. The van der Waals surface area contributed by atoms with Gasteiger partial charge in [0.05, 0.1) is 11.6 Å². The average molecular weight is 368 g/mol. The summed E-state index contributed by atoms with van der Waals surface area (Å²) in [6.45, 7) is 9.24. The molecule has 1 atom stereocenters. The molecule has 0 aliphatic carbocycles. The molecule has 144 valence electrons. The summed E-state index contributed by atoms with van der Waals surface area (Å²) in [5.41, 5.74) is 2.13. The summed E-state index contributed by atoms with van der Waals surface area (Å²) < 4.78 is 6.98. The summed E-state index contributed by atoms with van der Waals surface area (Å²) >= 11 is 0. The Morgan fingerprint density at radius 3 is 2.26 bits per heavy atom. The Kier molecular flexibility index (Phi) is 5.40. The van der Waals surface area contributed by atoms with E-state index in [2.05, 4.69) is 0 Å². The van der Waals surface area contributed by atoms with E-state index in [1.165, 1.54) is 4.57 Å². The highest BCUT2D eigenvalue weighted by Crippen LogP contribution is 2.26. The van der Waals surface area contributed by atoms with Gasteiger partial charge in [0.2, 0.25) is 5.91 Å². The smallest absolute Gasteiger partial charge is 0.418 e. The third-order valence-corrected chi connectivity index (χ3v) is 4.83. The van der Waals surface area contributed by atoms with Gasteiger partial charge in [0, 0.05) is 19.3 Å². The van der Waals surface area contributed by atoms with Crippen LogP contribution in [-0.4, -0.2) is 40.2 Å². The normalized spacial score (nSPS) is 15.6. The van der Waals surface area contributed by atoms with Gasteiger partial charge in [0.1, 0.15) is 5.60 Å². The lowest BCUT2D eigenvalue weighted by Crippen LogP contribution is -2.31. The predicted octanol–water partition coefficient (Wildman–Crippen LogP) is 4.66. The molecule has 27 heavy (non-hydrogen) atoms. The van der Waals surface area contributed by atoms with E-state index >= 15 is 0 Å². The lowest BCUT2D eigenvalue weighted by atomic mass is 9.98. The maximum Gasteiger partial charge on any atom is 0.418 e. The number of nitrogens with zero attached hydrogens (tertiary/aromatic N) is 2. The van der Waals surface area contributed by atoms with Crippen LogP contribution in [-0.2, 0) is 9.53 Å². The summed E-state index contributed by atoms with van der Waals surface area (Å²) in [7, 11) is 0. The maximum absolute atomic E-state index is 12.6. The van der Waals surface area contributed by atoms with E-state index in [9.17, 15) is 9.59 Å². The first-order valence-corrected chi connectivity index (χ1v) is 9.56. The number of benzene rings is 1. The van der Waals surface area contributed by atoms with Crippen molar-refractivity contribution in [1.82, 2.24) is 9.47 Å². The highest BCUT2D eigenvalue weighted by molar-refractivity contribution is 5.84. The molecule has 5 heteroatoms. The summed E-state index contributed by atoms with van der Waals surface area (Å²) in [6, 6.07) is 11.6. The first-order valence-electron chi connectivity index (χ1n) is 9.56. The molecular weight excluding hydrogens is 340 g/mol. The largest absolute Gasteiger partial charge is 0.443 e. The highest BCUT2D eigenvalue weighted by atomic mass is 16.6. The monoisotopic (exact) mass is 368 g/mol. The van der Waals surface area contributed by atoms with Gasteiger partial charge < -0.3 is 9.64 Å². The molecule has 1 aliphatic rings. The SMILES string of the molecule is CC(C(=O)N1CCCC1)c1ccc(-c2cccn2C(=O)OC(C)(C)C)cc1. The minimum absolute atomic E-state index is 0.158. The quantitative estimate of drug-likeness (QED) is 0.791. The summed E-state index contributed by atoms with van der Waals surface area (Å²) in [4.78, 5) is 27.0. The van der Waals surface area contributed by atoms with Gasteiger partial charge in [0.25, 0.3) is 0 Å². The van der Waals surface area contributed by atoms with Crippen LogP contribution in [0.1, 0.15) is 52.0 Å². The van der Waals surface area contributed by atoms with Crippen LogP contribution >= 0.6 is 0 Å². The molecule has 0 spiro atoms. The molecule has 0 bridgehead atoms. The highest BCUT2D eigenvalue weighted by Gasteiger charge is 2.24. The van der Waals surface area contributed by atoms with Gasteiger partial charge in [-0.25, -0.2) is 4.79 Å². The molecular formula is C22H28N2O3. The number of ether oxygens (including phenoxy) is 1. The Balaban J connectivity index is 1.77. The van der Waals surface area contributed by atoms with Gasteiger partial charge in [-0.3, -0.25) is 9.36 Å². The molecule has 1 aromatic heterocycles. The zero-order chi connectivity index (χ0) is 19.6. The van der Waals surface area contributed by atoms with Crippen LogP contribution in [0.25, 0.3) is 11.3 Å². The fourth-order valence-electron chi connectivity index (χ4n) is 3.38. The summed E-state index contributed by atoms with van der Waals surface area (Å²) in [5, 5.41) is 0. The van der Waals surface area contributed by atoms with Crippen molar-refractivity contribution >= 4 is 12.0 Å². The standard InChI is InChI=1S/C22H28N2O3/c1-16(20(25)23-13-5-6-14-23)17-9-11-18(12-10-17)19-8-7-15-24(19)21(26)27-22(2,3)4/h7-12,15-16H,5-6,13-14H2,1-4H3. The fourth-order valence-corrected chi connectivity index (χ4v) is 3.38. The second kappa shape index (κ2) is 7.59. The number of hydrogen-bond donors (Lipinski definition) is 0. The molecule has 1 unspecified atom stereocenters. The molecule has 2 aromatic rings. The van der Waals surface area contributed by atoms with Crippen LogP contribution in [0.4, 0.5) is 4.79 Å². The van der Waals surface area contributed by atoms with E-state index in [1.807, 2.05) is 69.0 Å². The molecule has 0 saturated carbocycles. The Bertz CT molecular complexity index is 809. The van der Waals surface area contributed by atoms with E-state index in [0.717, 1.165) is 42.8 Å². The van der Waals surface area contributed by atoms with Gasteiger partial charge in [0.15, 0.2) is 0 Å². The van der Waals surface area contributed by atoms with Gasteiger partial charge in [-0.1, -0.05) is 24.3 Å². The Labute approximate surface area is 160 Å². The van der Waals surface area contributed by atoms with E-state index < -0.39 is 11.7 Å². The minimum atomic E-state index is -0.548. The van der Waals surface area contributed by atoms with Gasteiger partial charge >= 0.3 is 6.09 Å². The van der Waals surface area contributed by atoms with Crippen LogP contribution in [0, 0.1) is 0 Å². The van der Waals surface area contributed by atoms with Crippen molar-refractivity contribution < 1.29 is 14.3 Å². The van der Waals surface area contributed by atoms with E-state index in [4.69, 9.17) is 4.74 Å². The molecule has 1 aromatic carbocycles. The first kappa shape index (κ1) is 19.2. The van der Waals surface area contributed by atoms with Crippen molar-refractivity contribution in [2.24, 2.45) is 0 Å². The third kappa shape index (κ3) is 4.41.